The third kappa shape index (κ3) is 3.41. The first kappa shape index (κ1) is 11.2. The topological polar surface area (TPSA) is 90.0 Å². The van der Waals surface area contributed by atoms with E-state index < -0.39 is 0 Å². The highest BCUT2D eigenvalue weighted by Crippen LogP contribution is 1.93. The summed E-state index contributed by atoms with van der Waals surface area (Å²) in [5.41, 5.74) is 4.79. The summed E-state index contributed by atoms with van der Waals surface area (Å²) in [7, 11) is 1.65. The van der Waals surface area contributed by atoms with Gasteiger partial charge in [-0.1, -0.05) is 0 Å². The van der Waals surface area contributed by atoms with Crippen molar-refractivity contribution in [3.05, 3.63) is 22.7 Å². The molecule has 1 aromatic heterocycles. The second-order valence-corrected chi connectivity index (χ2v) is 3.19. The van der Waals surface area contributed by atoms with Gasteiger partial charge in [-0.3, -0.25) is 9.59 Å². The molecule has 0 aliphatic heterocycles. The third-order valence-corrected chi connectivity index (χ3v) is 1.91. The Morgan fingerprint density at radius 1 is 1.67 bits per heavy atom. The summed E-state index contributed by atoms with van der Waals surface area (Å²) in [5, 5.41) is 2.86. The summed E-state index contributed by atoms with van der Waals surface area (Å²) in [6.07, 6.45) is 4.02. The molecule has 1 heterocycles. The first-order valence-corrected chi connectivity index (χ1v) is 4.65. The molecular formula is C9H14N4O2. The van der Waals surface area contributed by atoms with Gasteiger partial charge in [0.15, 0.2) is 5.82 Å². The maximum absolute atomic E-state index is 11.4. The van der Waals surface area contributed by atoms with Crippen LogP contribution in [-0.2, 0) is 11.8 Å². The van der Waals surface area contributed by atoms with Gasteiger partial charge in [0.2, 0.25) is 5.91 Å². The standard InChI is InChI=1S/C9H14N4O2/c1-13-6-5-12-8(9(13)15)11-4-2-3-7(10)14/h5-6H,2-4H2,1H3,(H2,10,14)(H,11,12). The van der Waals surface area contributed by atoms with Gasteiger partial charge in [-0.2, -0.15) is 0 Å². The molecule has 0 aromatic carbocycles. The molecule has 0 fully saturated rings. The number of anilines is 1. The van der Waals surface area contributed by atoms with Crippen molar-refractivity contribution in [1.82, 2.24) is 9.55 Å². The van der Waals surface area contributed by atoms with Crippen LogP contribution in [0.2, 0.25) is 0 Å². The van der Waals surface area contributed by atoms with Crippen molar-refractivity contribution >= 4 is 11.7 Å². The monoisotopic (exact) mass is 210 g/mol. The number of carbonyl (C=O) groups is 1. The number of nitrogens with two attached hydrogens (primary N) is 1. The van der Waals surface area contributed by atoms with Gasteiger partial charge in [-0.05, 0) is 6.42 Å². The summed E-state index contributed by atoms with van der Waals surface area (Å²) < 4.78 is 1.43. The minimum absolute atomic E-state index is 0.184. The molecule has 0 saturated carbocycles. The highest BCUT2D eigenvalue weighted by Gasteiger charge is 2.01. The lowest BCUT2D eigenvalue weighted by Gasteiger charge is -2.04. The number of carbonyl (C=O) groups excluding carboxylic acids is 1. The Labute approximate surface area is 87.1 Å². The van der Waals surface area contributed by atoms with Crippen LogP contribution in [0.25, 0.3) is 0 Å². The Kier molecular flexibility index (Phi) is 3.84. The molecule has 0 unspecified atom stereocenters. The molecule has 0 bridgehead atoms. The summed E-state index contributed by atoms with van der Waals surface area (Å²) in [6, 6.07) is 0. The van der Waals surface area contributed by atoms with Gasteiger partial charge >= 0.3 is 0 Å². The second-order valence-electron chi connectivity index (χ2n) is 3.19. The summed E-state index contributed by atoms with van der Waals surface area (Å²) >= 11 is 0. The van der Waals surface area contributed by atoms with E-state index in [0.29, 0.717) is 25.2 Å². The Balaban J connectivity index is 2.48. The molecule has 1 amide bonds. The molecule has 0 aliphatic rings. The van der Waals surface area contributed by atoms with Crippen molar-refractivity contribution in [2.75, 3.05) is 11.9 Å². The summed E-state index contributed by atoms with van der Waals surface area (Å²) in [4.78, 5) is 25.8. The van der Waals surface area contributed by atoms with E-state index in [9.17, 15) is 9.59 Å². The molecule has 0 atom stereocenters. The molecule has 0 radical (unpaired) electrons. The van der Waals surface area contributed by atoms with Crippen molar-refractivity contribution in [2.45, 2.75) is 12.8 Å². The zero-order valence-electron chi connectivity index (χ0n) is 8.56. The number of amides is 1. The zero-order valence-corrected chi connectivity index (χ0v) is 8.56. The fourth-order valence-corrected chi connectivity index (χ4v) is 1.09. The average Bonchev–Trinajstić information content (AvgIpc) is 2.18. The highest BCUT2D eigenvalue weighted by atomic mass is 16.1. The van der Waals surface area contributed by atoms with Crippen molar-refractivity contribution in [2.24, 2.45) is 12.8 Å². The van der Waals surface area contributed by atoms with Crippen LogP contribution in [0.15, 0.2) is 17.2 Å². The lowest BCUT2D eigenvalue weighted by Crippen LogP contribution is -2.22. The van der Waals surface area contributed by atoms with Crippen molar-refractivity contribution < 1.29 is 4.79 Å². The number of rotatable bonds is 5. The average molecular weight is 210 g/mol. The predicted octanol–water partition coefficient (Wildman–Crippen LogP) is -0.542. The Hall–Kier alpha value is -1.85. The molecule has 15 heavy (non-hydrogen) atoms. The van der Waals surface area contributed by atoms with Gasteiger partial charge in [0.05, 0.1) is 0 Å². The highest BCUT2D eigenvalue weighted by molar-refractivity contribution is 5.73. The van der Waals surface area contributed by atoms with Crippen LogP contribution in [0.5, 0.6) is 0 Å². The van der Waals surface area contributed by atoms with Crippen LogP contribution in [0, 0.1) is 0 Å². The Morgan fingerprint density at radius 3 is 3.07 bits per heavy atom. The molecule has 1 aromatic rings. The normalized spacial score (nSPS) is 9.93. The second kappa shape index (κ2) is 5.14. The number of nitrogens with zero attached hydrogens (tertiary/aromatic N) is 2. The molecule has 1 rings (SSSR count). The predicted molar refractivity (Wildman–Crippen MR) is 56.4 cm³/mol. The molecular weight excluding hydrogens is 196 g/mol. The van der Waals surface area contributed by atoms with Gasteiger partial charge in [0.1, 0.15) is 0 Å². The van der Waals surface area contributed by atoms with Crippen molar-refractivity contribution in [3.8, 4) is 0 Å². The lowest BCUT2D eigenvalue weighted by molar-refractivity contribution is -0.118. The molecule has 0 saturated heterocycles. The third-order valence-electron chi connectivity index (χ3n) is 1.91. The van der Waals surface area contributed by atoms with E-state index in [1.54, 1.807) is 13.2 Å². The van der Waals surface area contributed by atoms with E-state index in [-0.39, 0.29) is 11.5 Å². The quantitative estimate of drug-likeness (QED) is 0.638. The van der Waals surface area contributed by atoms with Crippen LogP contribution in [-0.4, -0.2) is 22.0 Å². The largest absolute Gasteiger partial charge is 0.370 e. The van der Waals surface area contributed by atoms with Crippen LogP contribution in [0.1, 0.15) is 12.8 Å². The maximum atomic E-state index is 11.4. The fourth-order valence-electron chi connectivity index (χ4n) is 1.09. The number of hydrogen-bond donors (Lipinski definition) is 2. The van der Waals surface area contributed by atoms with Gasteiger partial charge in [-0.15, -0.1) is 0 Å². The van der Waals surface area contributed by atoms with Crippen LogP contribution < -0.4 is 16.6 Å². The van der Waals surface area contributed by atoms with Gasteiger partial charge in [0, 0.05) is 32.4 Å². The number of nitrogens with one attached hydrogen (secondary N) is 1. The summed E-state index contributed by atoms with van der Waals surface area (Å²) in [6.45, 7) is 0.509. The van der Waals surface area contributed by atoms with Crippen LogP contribution >= 0.6 is 0 Å². The first-order chi connectivity index (χ1) is 7.11. The first-order valence-electron chi connectivity index (χ1n) is 4.65. The van der Waals surface area contributed by atoms with E-state index in [1.807, 2.05) is 0 Å². The van der Waals surface area contributed by atoms with Gasteiger partial charge in [-0.25, -0.2) is 4.98 Å². The van der Waals surface area contributed by atoms with E-state index in [2.05, 4.69) is 10.3 Å². The Bertz CT molecular complexity index is 399. The van der Waals surface area contributed by atoms with E-state index in [4.69, 9.17) is 5.73 Å². The van der Waals surface area contributed by atoms with Crippen LogP contribution in [0.3, 0.4) is 0 Å². The van der Waals surface area contributed by atoms with Crippen LogP contribution in [0.4, 0.5) is 5.82 Å². The number of primary amides is 1. The molecule has 6 nitrogen and oxygen atoms in total. The SMILES string of the molecule is Cn1ccnc(NCCCC(N)=O)c1=O. The molecule has 3 N–H and O–H groups in total. The van der Waals surface area contributed by atoms with E-state index >= 15 is 0 Å². The maximum Gasteiger partial charge on any atom is 0.293 e. The minimum Gasteiger partial charge on any atom is -0.370 e. The molecule has 6 heteroatoms. The molecule has 82 valence electrons. The zero-order chi connectivity index (χ0) is 11.3. The van der Waals surface area contributed by atoms with Crippen molar-refractivity contribution in [1.29, 1.82) is 0 Å². The fraction of sp³-hybridized carbons (Fsp3) is 0.444. The number of hydrogen-bond acceptors (Lipinski definition) is 4. The smallest absolute Gasteiger partial charge is 0.293 e. The lowest BCUT2D eigenvalue weighted by atomic mass is 10.3. The van der Waals surface area contributed by atoms with E-state index in [1.165, 1.54) is 10.8 Å². The van der Waals surface area contributed by atoms with E-state index in [0.717, 1.165) is 0 Å². The number of aryl methyl sites for hydroxylation is 1. The summed E-state index contributed by atoms with van der Waals surface area (Å²) in [5.74, 6) is -0.0461. The minimum atomic E-state index is -0.342. The van der Waals surface area contributed by atoms with Crippen molar-refractivity contribution in [3.63, 3.8) is 0 Å². The van der Waals surface area contributed by atoms with Gasteiger partial charge < -0.3 is 15.6 Å². The Morgan fingerprint density at radius 2 is 2.40 bits per heavy atom. The molecule has 0 spiro atoms. The number of aromatic nitrogens is 2. The molecule has 0 aliphatic carbocycles. The van der Waals surface area contributed by atoms with Gasteiger partial charge in [0.25, 0.3) is 5.56 Å².